The average molecular weight is 530 g/mol. The maximum atomic E-state index is 15.3. The molecule has 0 amide bonds. The Labute approximate surface area is 181 Å². The summed E-state index contributed by atoms with van der Waals surface area (Å²) in [5, 5.41) is 9.61. The van der Waals surface area contributed by atoms with E-state index in [1.54, 1.807) is 0 Å². The van der Waals surface area contributed by atoms with Crippen LogP contribution in [0, 0.1) is 5.92 Å². The lowest BCUT2D eigenvalue weighted by Crippen LogP contribution is -2.85. The van der Waals surface area contributed by atoms with E-state index in [0.717, 1.165) is 0 Å². The first-order chi connectivity index (χ1) is 15.0. The first kappa shape index (κ1) is 28.5. The predicted octanol–water partition coefficient (Wildman–Crippen LogP) is 5.45. The number of alkyl halides is 13. The third-order valence-corrected chi connectivity index (χ3v) is 5.71. The molecule has 1 heterocycles. The second-order valence-corrected chi connectivity index (χ2v) is 7.82. The van der Waals surface area contributed by atoms with Gasteiger partial charge in [-0.1, -0.05) is 25.8 Å². The molecule has 2 rings (SSSR count). The molecule has 0 aromatic carbocycles. The standard InChI is InChI=1S/C17H15F13O4/c1-7(13(20,21)22)9(31)33-11(8-5-3-2-4-6-8)12(18,19)10(14(23,24)25)34-16(32,15(11,26)27)17(28,29)30/h8,10,32H,1-6H2. The molecule has 3 atom stereocenters. The van der Waals surface area contributed by atoms with Crippen molar-refractivity contribution in [3.8, 4) is 0 Å². The highest BCUT2D eigenvalue weighted by atomic mass is 19.4. The first-order valence-electron chi connectivity index (χ1n) is 9.27. The van der Waals surface area contributed by atoms with E-state index in [1.807, 2.05) is 0 Å². The number of hydrogen-bond acceptors (Lipinski definition) is 4. The zero-order valence-electron chi connectivity index (χ0n) is 16.5. The summed E-state index contributed by atoms with van der Waals surface area (Å²) in [7, 11) is 0. The Morgan fingerprint density at radius 2 is 1.38 bits per heavy atom. The predicted molar refractivity (Wildman–Crippen MR) is 82.4 cm³/mol. The molecule has 4 nitrogen and oxygen atoms in total. The molecule has 0 aromatic heterocycles. The second-order valence-electron chi connectivity index (χ2n) is 7.82. The van der Waals surface area contributed by atoms with Gasteiger partial charge in [0.25, 0.3) is 0 Å². The third kappa shape index (κ3) is 4.01. The lowest BCUT2D eigenvalue weighted by atomic mass is 9.65. The third-order valence-electron chi connectivity index (χ3n) is 5.71. The van der Waals surface area contributed by atoms with Gasteiger partial charge in [-0.3, -0.25) is 0 Å². The SMILES string of the molecule is C=C(C(=O)OC1(C2CCCCC2)C(F)(F)C(C(F)(F)F)OC(O)(C(F)(F)F)C1(F)F)C(F)(F)F. The van der Waals surface area contributed by atoms with Gasteiger partial charge in [0, 0.05) is 5.92 Å². The Morgan fingerprint density at radius 3 is 1.76 bits per heavy atom. The summed E-state index contributed by atoms with van der Waals surface area (Å²) in [4.78, 5) is 11.9. The number of esters is 1. The molecule has 0 radical (unpaired) electrons. The molecule has 2 aliphatic rings. The minimum Gasteiger partial charge on any atom is -0.442 e. The van der Waals surface area contributed by atoms with E-state index < -0.39 is 78.2 Å². The quantitative estimate of drug-likeness (QED) is 0.300. The van der Waals surface area contributed by atoms with Gasteiger partial charge in [0.2, 0.25) is 11.7 Å². The summed E-state index contributed by atoms with van der Waals surface area (Å²) >= 11 is 0. The zero-order valence-corrected chi connectivity index (χ0v) is 16.5. The molecular weight excluding hydrogens is 515 g/mol. The second kappa shape index (κ2) is 8.13. The Hall–Kier alpha value is -1.78. The van der Waals surface area contributed by atoms with Gasteiger partial charge in [0.15, 0.2) is 0 Å². The molecule has 1 saturated heterocycles. The van der Waals surface area contributed by atoms with Crippen molar-refractivity contribution in [3.05, 3.63) is 12.2 Å². The van der Waals surface area contributed by atoms with Gasteiger partial charge in [-0.05, 0) is 12.8 Å². The van der Waals surface area contributed by atoms with Crippen LogP contribution in [0.5, 0.6) is 0 Å². The van der Waals surface area contributed by atoms with Crippen LogP contribution in [0.4, 0.5) is 57.1 Å². The molecule has 2 fully saturated rings. The summed E-state index contributed by atoms with van der Waals surface area (Å²) in [5.41, 5.74) is -8.33. The highest BCUT2D eigenvalue weighted by Gasteiger charge is 2.93. The first-order valence-corrected chi connectivity index (χ1v) is 9.27. The van der Waals surface area contributed by atoms with Crippen LogP contribution in [0.25, 0.3) is 0 Å². The molecule has 198 valence electrons. The number of hydrogen-bond donors (Lipinski definition) is 1. The highest BCUT2D eigenvalue weighted by Crippen LogP contribution is 2.66. The lowest BCUT2D eigenvalue weighted by Gasteiger charge is -2.58. The minimum atomic E-state index is -6.91. The molecular formula is C17H15F13O4. The van der Waals surface area contributed by atoms with Crippen LogP contribution in [0.1, 0.15) is 32.1 Å². The van der Waals surface area contributed by atoms with Crippen LogP contribution < -0.4 is 0 Å². The molecule has 3 unspecified atom stereocenters. The van der Waals surface area contributed by atoms with Crippen molar-refractivity contribution in [2.24, 2.45) is 5.92 Å². The van der Waals surface area contributed by atoms with E-state index >= 15 is 17.6 Å². The Bertz CT molecular complexity index is 810. The lowest BCUT2D eigenvalue weighted by molar-refractivity contribution is -0.538. The zero-order chi connectivity index (χ0) is 26.8. The molecule has 34 heavy (non-hydrogen) atoms. The van der Waals surface area contributed by atoms with Crippen molar-refractivity contribution in [2.45, 2.75) is 80.0 Å². The molecule has 1 aliphatic carbocycles. The number of aliphatic hydroxyl groups is 1. The van der Waals surface area contributed by atoms with E-state index in [9.17, 15) is 49.4 Å². The van der Waals surface area contributed by atoms with Crippen molar-refractivity contribution in [1.29, 1.82) is 0 Å². The van der Waals surface area contributed by atoms with Gasteiger partial charge in [-0.2, -0.15) is 57.1 Å². The minimum absolute atomic E-state index is 0.0790. The fraction of sp³-hybridized carbons (Fsp3) is 0.824. The molecule has 0 aromatic rings. The molecule has 1 N–H and O–H groups in total. The largest absolute Gasteiger partial charge is 0.449 e. The van der Waals surface area contributed by atoms with Crippen molar-refractivity contribution in [3.63, 3.8) is 0 Å². The van der Waals surface area contributed by atoms with Gasteiger partial charge >= 0.3 is 42.1 Å². The Balaban J connectivity index is 2.93. The van der Waals surface area contributed by atoms with E-state index in [2.05, 4.69) is 16.1 Å². The average Bonchev–Trinajstić information content (AvgIpc) is 2.65. The van der Waals surface area contributed by atoms with Crippen LogP contribution in [0.3, 0.4) is 0 Å². The van der Waals surface area contributed by atoms with Crippen LogP contribution in [0.15, 0.2) is 12.2 Å². The van der Waals surface area contributed by atoms with Crippen LogP contribution in [0.2, 0.25) is 0 Å². The summed E-state index contributed by atoms with van der Waals surface area (Å²) in [5.74, 6) is -25.2. The summed E-state index contributed by atoms with van der Waals surface area (Å²) in [6.45, 7) is 2.09. The number of ether oxygens (including phenoxy) is 2. The van der Waals surface area contributed by atoms with Crippen LogP contribution in [-0.4, -0.2) is 58.9 Å². The van der Waals surface area contributed by atoms with Crippen molar-refractivity contribution in [1.82, 2.24) is 0 Å². The number of carbonyl (C=O) groups excluding carboxylic acids is 1. The smallest absolute Gasteiger partial charge is 0.442 e. The fourth-order valence-corrected chi connectivity index (χ4v) is 4.07. The molecule has 0 bridgehead atoms. The normalized spacial score (nSPS) is 32.8. The Morgan fingerprint density at radius 1 is 0.912 bits per heavy atom. The van der Waals surface area contributed by atoms with Gasteiger partial charge in [0.1, 0.15) is 5.57 Å². The fourth-order valence-electron chi connectivity index (χ4n) is 4.07. The van der Waals surface area contributed by atoms with E-state index in [0.29, 0.717) is 0 Å². The molecule has 0 spiro atoms. The molecule has 1 aliphatic heterocycles. The maximum Gasteiger partial charge on any atom is 0.449 e. The van der Waals surface area contributed by atoms with Gasteiger partial charge in [0.05, 0.1) is 0 Å². The number of halogens is 13. The van der Waals surface area contributed by atoms with Crippen LogP contribution >= 0.6 is 0 Å². The van der Waals surface area contributed by atoms with Gasteiger partial charge in [-0.25, -0.2) is 4.79 Å². The maximum absolute atomic E-state index is 15.3. The van der Waals surface area contributed by atoms with Crippen molar-refractivity contribution >= 4 is 5.97 Å². The summed E-state index contributed by atoms with van der Waals surface area (Å²) in [6.07, 6.45) is -27.1. The van der Waals surface area contributed by atoms with E-state index in [4.69, 9.17) is 0 Å². The number of carbonyl (C=O) groups is 1. The van der Waals surface area contributed by atoms with Gasteiger partial charge < -0.3 is 14.6 Å². The van der Waals surface area contributed by atoms with Crippen molar-refractivity contribution in [2.75, 3.05) is 0 Å². The van der Waals surface area contributed by atoms with Crippen molar-refractivity contribution < 1.29 is 76.5 Å². The summed E-state index contributed by atoms with van der Waals surface area (Å²) in [6, 6.07) is 0. The summed E-state index contributed by atoms with van der Waals surface area (Å²) < 4.78 is 186. The number of rotatable bonds is 3. The Kier molecular flexibility index (Phi) is 6.80. The highest BCUT2D eigenvalue weighted by molar-refractivity contribution is 5.89. The van der Waals surface area contributed by atoms with Crippen LogP contribution in [-0.2, 0) is 14.3 Å². The molecule has 1 saturated carbocycles. The van der Waals surface area contributed by atoms with E-state index in [1.165, 1.54) is 0 Å². The van der Waals surface area contributed by atoms with Gasteiger partial charge in [-0.15, -0.1) is 0 Å². The van der Waals surface area contributed by atoms with E-state index in [-0.39, 0.29) is 19.3 Å². The molecule has 17 heteroatoms. The topological polar surface area (TPSA) is 55.8 Å². The monoisotopic (exact) mass is 530 g/mol.